The Balaban J connectivity index is 0.00000144. The van der Waals surface area contributed by atoms with Crippen LogP contribution in [0.25, 0.3) is 0 Å². The van der Waals surface area contributed by atoms with Crippen LogP contribution < -0.4 is 5.32 Å². The van der Waals surface area contributed by atoms with E-state index in [1.807, 2.05) is 0 Å². The van der Waals surface area contributed by atoms with E-state index < -0.39 is 17.5 Å². The third-order valence-corrected chi connectivity index (χ3v) is 1.41. The van der Waals surface area contributed by atoms with E-state index in [1.54, 1.807) is 0 Å². The molecule has 0 spiro atoms. The molecule has 0 bridgehead atoms. The predicted octanol–water partition coefficient (Wildman–Crippen LogP) is 1.57. The van der Waals surface area contributed by atoms with Gasteiger partial charge in [-0.3, -0.25) is 4.79 Å². The molecule has 1 aromatic rings. The van der Waals surface area contributed by atoms with Crippen molar-refractivity contribution in [2.45, 2.75) is 0 Å². The summed E-state index contributed by atoms with van der Waals surface area (Å²) in [5.74, 6) is -2.41. The van der Waals surface area contributed by atoms with E-state index in [2.05, 4.69) is 5.32 Å². The first kappa shape index (κ1) is 8.64. The van der Waals surface area contributed by atoms with Crippen LogP contribution in [-0.2, 0) is 0 Å². The van der Waals surface area contributed by atoms with E-state index in [4.69, 9.17) is 0 Å². The molecule has 1 N–H and O–H groups in total. The number of nitrogens with one attached hydrogen (secondary N) is 1. The average molecular weight is 173 g/mol. The van der Waals surface area contributed by atoms with Gasteiger partial charge in [-0.15, -0.1) is 0 Å². The molecule has 0 aliphatic carbocycles. The molecule has 4 heteroatoms. The molecule has 0 radical (unpaired) electrons. The fourth-order valence-corrected chi connectivity index (χ4v) is 0.782. The van der Waals surface area contributed by atoms with Crippen molar-refractivity contribution in [3.63, 3.8) is 0 Å². The van der Waals surface area contributed by atoms with Crippen LogP contribution in [0.4, 0.5) is 8.78 Å². The molecule has 0 saturated heterocycles. The molecule has 0 unspecified atom stereocenters. The summed E-state index contributed by atoms with van der Waals surface area (Å²) in [7, 11) is 1.42. The lowest BCUT2D eigenvalue weighted by molar-refractivity contribution is 0.0962. The summed E-state index contributed by atoms with van der Waals surface area (Å²) in [5, 5.41) is 2.30. The molecule has 0 fully saturated rings. The first-order chi connectivity index (χ1) is 5.65. The highest BCUT2D eigenvalue weighted by Crippen LogP contribution is 2.07. The van der Waals surface area contributed by atoms with Crippen molar-refractivity contribution in [2.75, 3.05) is 7.05 Å². The minimum absolute atomic E-state index is 0. The number of hydrogen-bond acceptors (Lipinski definition) is 1. The van der Waals surface area contributed by atoms with Gasteiger partial charge in [0.15, 0.2) is 11.6 Å². The number of amides is 1. The van der Waals surface area contributed by atoms with Gasteiger partial charge in [0.1, 0.15) is 0 Å². The third kappa shape index (κ3) is 1.58. The van der Waals surface area contributed by atoms with Crippen molar-refractivity contribution < 1.29 is 15.0 Å². The largest absolute Gasteiger partial charge is 0.355 e. The SMILES string of the molecule is CNC(=O)c1ccc(F)c(F)c1.[HH]. The Kier molecular flexibility index (Phi) is 2.38. The minimum atomic E-state index is -1.02. The summed E-state index contributed by atoms with van der Waals surface area (Å²) < 4.78 is 24.9. The van der Waals surface area contributed by atoms with E-state index in [1.165, 1.54) is 13.1 Å². The summed E-state index contributed by atoms with van der Waals surface area (Å²) in [6.07, 6.45) is 0. The van der Waals surface area contributed by atoms with Gasteiger partial charge in [-0.2, -0.15) is 0 Å². The van der Waals surface area contributed by atoms with E-state index in [0.29, 0.717) is 0 Å². The topological polar surface area (TPSA) is 29.1 Å². The van der Waals surface area contributed by atoms with Crippen LogP contribution in [0, 0.1) is 11.6 Å². The molecule has 12 heavy (non-hydrogen) atoms. The number of rotatable bonds is 1. The van der Waals surface area contributed by atoms with Crippen molar-refractivity contribution in [1.29, 1.82) is 0 Å². The minimum Gasteiger partial charge on any atom is -0.355 e. The second-order valence-electron chi connectivity index (χ2n) is 2.21. The Morgan fingerprint density at radius 3 is 2.58 bits per heavy atom. The van der Waals surface area contributed by atoms with Crippen molar-refractivity contribution >= 4 is 5.91 Å². The van der Waals surface area contributed by atoms with Gasteiger partial charge in [0.2, 0.25) is 0 Å². The zero-order chi connectivity index (χ0) is 9.14. The second kappa shape index (κ2) is 3.30. The number of carbonyl (C=O) groups is 1. The van der Waals surface area contributed by atoms with E-state index in [-0.39, 0.29) is 6.99 Å². The lowest BCUT2D eigenvalue weighted by Crippen LogP contribution is -2.17. The highest BCUT2D eigenvalue weighted by Gasteiger charge is 2.06. The van der Waals surface area contributed by atoms with Gasteiger partial charge in [0, 0.05) is 14.0 Å². The molecule has 0 aromatic heterocycles. The molecule has 0 atom stereocenters. The molecular formula is C8H9F2NO. The number of carbonyl (C=O) groups excluding carboxylic acids is 1. The van der Waals surface area contributed by atoms with Gasteiger partial charge in [0.25, 0.3) is 5.91 Å². The van der Waals surface area contributed by atoms with Gasteiger partial charge in [0.05, 0.1) is 0 Å². The van der Waals surface area contributed by atoms with E-state index >= 15 is 0 Å². The van der Waals surface area contributed by atoms with Gasteiger partial charge in [-0.1, -0.05) is 0 Å². The molecule has 1 amide bonds. The van der Waals surface area contributed by atoms with Crippen LogP contribution in [0.1, 0.15) is 11.8 Å². The van der Waals surface area contributed by atoms with Crippen LogP contribution in [0.2, 0.25) is 0 Å². The Hall–Kier alpha value is -1.45. The molecule has 1 aromatic carbocycles. The summed E-state index contributed by atoms with van der Waals surface area (Å²) in [6.45, 7) is 0. The number of halogens is 2. The summed E-state index contributed by atoms with van der Waals surface area (Å²) in [6, 6.07) is 2.99. The van der Waals surface area contributed by atoms with Crippen LogP contribution in [0.15, 0.2) is 18.2 Å². The fraction of sp³-hybridized carbons (Fsp3) is 0.125. The highest BCUT2D eigenvalue weighted by atomic mass is 19.2. The van der Waals surface area contributed by atoms with E-state index in [9.17, 15) is 13.6 Å². The third-order valence-electron chi connectivity index (χ3n) is 1.41. The number of hydrogen-bond donors (Lipinski definition) is 1. The average Bonchev–Trinajstić information content (AvgIpc) is 2.08. The van der Waals surface area contributed by atoms with Gasteiger partial charge >= 0.3 is 0 Å². The van der Waals surface area contributed by atoms with Crippen LogP contribution in [0.3, 0.4) is 0 Å². The van der Waals surface area contributed by atoms with Crippen molar-refractivity contribution in [1.82, 2.24) is 5.32 Å². The molecule has 0 aliphatic heterocycles. The van der Waals surface area contributed by atoms with Crippen LogP contribution in [0.5, 0.6) is 0 Å². The molecule has 2 nitrogen and oxygen atoms in total. The first-order valence-corrected chi connectivity index (χ1v) is 3.32. The second-order valence-corrected chi connectivity index (χ2v) is 2.21. The maximum Gasteiger partial charge on any atom is 0.251 e. The zero-order valence-corrected chi connectivity index (χ0v) is 6.40. The molecule has 1 rings (SSSR count). The summed E-state index contributed by atoms with van der Waals surface area (Å²) >= 11 is 0. The van der Waals surface area contributed by atoms with Crippen LogP contribution in [-0.4, -0.2) is 13.0 Å². The molecule has 0 aliphatic rings. The Morgan fingerprint density at radius 2 is 2.08 bits per heavy atom. The molecular weight excluding hydrogens is 164 g/mol. The normalized spacial score (nSPS) is 9.58. The van der Waals surface area contributed by atoms with Crippen molar-refractivity contribution in [2.24, 2.45) is 0 Å². The molecule has 0 heterocycles. The van der Waals surface area contributed by atoms with Crippen LogP contribution >= 0.6 is 0 Å². The monoisotopic (exact) mass is 173 g/mol. The lowest BCUT2D eigenvalue weighted by atomic mass is 10.2. The predicted molar refractivity (Wildman–Crippen MR) is 41.9 cm³/mol. The van der Waals surface area contributed by atoms with Gasteiger partial charge in [-0.05, 0) is 18.2 Å². The Labute approximate surface area is 69.7 Å². The van der Waals surface area contributed by atoms with Crippen molar-refractivity contribution in [3.05, 3.63) is 35.4 Å². The standard InChI is InChI=1S/C8H7F2NO.H2/c1-11-8(12)5-2-3-6(9)7(10)4-5;/h2-4H,1H3,(H,11,12);1H. The van der Waals surface area contributed by atoms with Gasteiger partial charge < -0.3 is 5.32 Å². The molecule has 0 saturated carbocycles. The zero-order valence-electron chi connectivity index (χ0n) is 6.40. The molecule has 66 valence electrons. The number of benzene rings is 1. The highest BCUT2D eigenvalue weighted by molar-refractivity contribution is 5.93. The Morgan fingerprint density at radius 1 is 1.42 bits per heavy atom. The lowest BCUT2D eigenvalue weighted by Gasteiger charge is -1.99. The maximum absolute atomic E-state index is 12.5. The first-order valence-electron chi connectivity index (χ1n) is 3.32. The van der Waals surface area contributed by atoms with Gasteiger partial charge in [-0.25, -0.2) is 8.78 Å². The quantitative estimate of drug-likeness (QED) is 0.686. The van der Waals surface area contributed by atoms with E-state index in [0.717, 1.165) is 12.1 Å². The maximum atomic E-state index is 12.5. The summed E-state index contributed by atoms with van der Waals surface area (Å²) in [4.78, 5) is 10.9. The van der Waals surface area contributed by atoms with Crippen molar-refractivity contribution in [3.8, 4) is 0 Å². The smallest absolute Gasteiger partial charge is 0.251 e. The summed E-state index contributed by atoms with van der Waals surface area (Å²) in [5.41, 5.74) is 0.108. The fourth-order valence-electron chi connectivity index (χ4n) is 0.782. The Bertz CT molecular complexity index is 317.